The minimum atomic E-state index is -4.63. The number of carbonyl (C=O) groups is 1. The maximum Gasteiger partial charge on any atom is 0.417 e. The van der Waals surface area contributed by atoms with Gasteiger partial charge in [-0.25, -0.2) is 4.98 Å². The summed E-state index contributed by atoms with van der Waals surface area (Å²) in [6.07, 6.45) is 0.677. The van der Waals surface area contributed by atoms with Crippen LogP contribution in [0.15, 0.2) is 55.0 Å². The molecule has 142 valence electrons. The van der Waals surface area contributed by atoms with E-state index < -0.39 is 22.5 Å². The molecule has 0 amide bonds. The van der Waals surface area contributed by atoms with Gasteiger partial charge >= 0.3 is 6.18 Å². The van der Waals surface area contributed by atoms with E-state index in [4.69, 9.17) is 11.6 Å². The second-order valence-corrected chi connectivity index (χ2v) is 6.58. The van der Waals surface area contributed by atoms with Gasteiger partial charge in [0.05, 0.1) is 28.5 Å². The van der Waals surface area contributed by atoms with Gasteiger partial charge in [0.25, 0.3) is 0 Å². The fourth-order valence-electron chi connectivity index (χ4n) is 3.09. The predicted octanol–water partition coefficient (Wildman–Crippen LogP) is 4.85. The molecule has 0 unspecified atom stereocenters. The van der Waals surface area contributed by atoms with Crippen LogP contribution in [0.1, 0.15) is 32.9 Å². The van der Waals surface area contributed by atoms with Gasteiger partial charge in [0.1, 0.15) is 6.33 Å². The number of hydrogen-bond acceptors (Lipinski definition) is 3. The first-order valence-electron chi connectivity index (χ1n) is 8.33. The molecule has 2 heterocycles. The van der Waals surface area contributed by atoms with E-state index in [0.29, 0.717) is 12.2 Å². The third-order valence-corrected chi connectivity index (χ3v) is 4.86. The zero-order valence-corrected chi connectivity index (χ0v) is 15.1. The highest BCUT2D eigenvalue weighted by Gasteiger charge is 2.34. The molecular weight excluding hydrogens is 391 g/mol. The monoisotopic (exact) mass is 403 g/mol. The number of halogens is 4. The average molecular weight is 404 g/mol. The van der Waals surface area contributed by atoms with Gasteiger partial charge < -0.3 is 5.32 Å². The van der Waals surface area contributed by atoms with Crippen LogP contribution >= 0.6 is 11.6 Å². The molecule has 1 aliphatic heterocycles. The van der Waals surface area contributed by atoms with E-state index in [0.717, 1.165) is 17.5 Å². The largest absolute Gasteiger partial charge is 0.417 e. The molecule has 0 fully saturated rings. The molecule has 1 aromatic heterocycles. The Balaban J connectivity index is 1.74. The van der Waals surface area contributed by atoms with Crippen molar-refractivity contribution in [3.05, 3.63) is 88.1 Å². The maximum absolute atomic E-state index is 13.1. The van der Waals surface area contributed by atoms with Gasteiger partial charge in [-0.05, 0) is 36.5 Å². The standard InChI is InChI=1S/C20H13ClF3N3O/c21-18-14(5-2-6-15(18)20(22,23)24)19(28)12-3-1-4-13(9-12)27-11-26-16-10-25-8-7-17(16)27/h1-9,11,25H,10H2. The summed E-state index contributed by atoms with van der Waals surface area (Å²) >= 11 is 5.90. The fraction of sp³-hybridized carbons (Fsp3) is 0.100. The lowest BCUT2D eigenvalue weighted by Crippen LogP contribution is -2.12. The van der Waals surface area contributed by atoms with Crippen LogP contribution in [0.2, 0.25) is 5.02 Å². The molecule has 28 heavy (non-hydrogen) atoms. The van der Waals surface area contributed by atoms with Crippen molar-refractivity contribution in [2.45, 2.75) is 12.7 Å². The Morgan fingerprint density at radius 1 is 1.18 bits per heavy atom. The zero-order valence-electron chi connectivity index (χ0n) is 14.3. The van der Waals surface area contributed by atoms with E-state index in [1.165, 1.54) is 12.1 Å². The quantitative estimate of drug-likeness (QED) is 0.636. The number of fused-ring (bicyclic) bond motifs is 1. The Bertz CT molecular complexity index is 1100. The minimum absolute atomic E-state index is 0.189. The summed E-state index contributed by atoms with van der Waals surface area (Å²) in [5.41, 5.74) is 1.43. The number of hydrogen-bond donors (Lipinski definition) is 1. The van der Waals surface area contributed by atoms with Crippen molar-refractivity contribution in [3.63, 3.8) is 0 Å². The molecule has 0 spiro atoms. The lowest BCUT2D eigenvalue weighted by molar-refractivity contribution is -0.137. The van der Waals surface area contributed by atoms with E-state index >= 15 is 0 Å². The number of aromatic nitrogens is 2. The molecule has 4 nitrogen and oxygen atoms in total. The number of nitrogens with one attached hydrogen (secondary N) is 1. The first-order chi connectivity index (χ1) is 13.4. The number of nitrogens with zero attached hydrogens (tertiary/aromatic N) is 2. The van der Waals surface area contributed by atoms with Crippen LogP contribution in [0.25, 0.3) is 11.8 Å². The Morgan fingerprint density at radius 3 is 2.75 bits per heavy atom. The number of alkyl halides is 3. The normalized spacial score (nSPS) is 13.1. The highest BCUT2D eigenvalue weighted by molar-refractivity contribution is 6.35. The molecule has 4 rings (SSSR count). The molecule has 0 radical (unpaired) electrons. The smallest absolute Gasteiger partial charge is 0.385 e. The Kier molecular flexibility index (Phi) is 4.47. The van der Waals surface area contributed by atoms with Gasteiger partial charge in [0.15, 0.2) is 5.78 Å². The number of imidazole rings is 1. The van der Waals surface area contributed by atoms with Gasteiger partial charge in [-0.15, -0.1) is 0 Å². The second-order valence-electron chi connectivity index (χ2n) is 6.21. The van der Waals surface area contributed by atoms with E-state index in [-0.39, 0.29) is 11.1 Å². The number of benzene rings is 2. The highest BCUT2D eigenvalue weighted by atomic mass is 35.5. The summed E-state index contributed by atoms with van der Waals surface area (Å²) in [5.74, 6) is -0.579. The van der Waals surface area contributed by atoms with Crippen molar-refractivity contribution < 1.29 is 18.0 Å². The lowest BCUT2D eigenvalue weighted by Gasteiger charge is -2.13. The molecule has 8 heteroatoms. The molecule has 3 aromatic rings. The van der Waals surface area contributed by atoms with E-state index in [2.05, 4.69) is 10.3 Å². The van der Waals surface area contributed by atoms with Crippen molar-refractivity contribution in [1.82, 2.24) is 14.9 Å². The molecule has 1 aliphatic rings. The molecule has 0 saturated carbocycles. The topological polar surface area (TPSA) is 46.9 Å². The van der Waals surface area contributed by atoms with Gasteiger partial charge in [-0.2, -0.15) is 13.2 Å². The van der Waals surface area contributed by atoms with E-state index in [1.807, 2.05) is 10.6 Å². The van der Waals surface area contributed by atoms with Crippen LogP contribution in [0.4, 0.5) is 13.2 Å². The summed E-state index contributed by atoms with van der Waals surface area (Å²) in [6, 6.07) is 9.94. The minimum Gasteiger partial charge on any atom is -0.385 e. The maximum atomic E-state index is 13.1. The summed E-state index contributed by atoms with van der Waals surface area (Å²) in [7, 11) is 0. The number of rotatable bonds is 3. The fourth-order valence-corrected chi connectivity index (χ4v) is 3.40. The van der Waals surface area contributed by atoms with Crippen molar-refractivity contribution in [2.75, 3.05) is 0 Å². The lowest BCUT2D eigenvalue weighted by atomic mass is 10.0. The molecule has 0 bridgehead atoms. The van der Waals surface area contributed by atoms with Crippen LogP contribution in [-0.4, -0.2) is 15.3 Å². The summed E-state index contributed by atoms with van der Waals surface area (Å²) in [6.45, 7) is 0.595. The van der Waals surface area contributed by atoms with Crippen LogP contribution in [-0.2, 0) is 12.7 Å². The molecule has 1 N–H and O–H groups in total. The summed E-state index contributed by atoms with van der Waals surface area (Å²) < 4.78 is 41.1. The first kappa shape index (κ1) is 18.3. The van der Waals surface area contributed by atoms with Crippen LogP contribution in [0, 0.1) is 0 Å². The Morgan fingerprint density at radius 2 is 1.96 bits per heavy atom. The Labute approximate surface area is 163 Å². The van der Waals surface area contributed by atoms with Crippen molar-refractivity contribution >= 4 is 23.5 Å². The molecule has 2 aromatic carbocycles. The first-order valence-corrected chi connectivity index (χ1v) is 8.71. The molecule has 0 saturated heterocycles. The second kappa shape index (κ2) is 6.83. The summed E-state index contributed by atoms with van der Waals surface area (Å²) in [5, 5.41) is 2.47. The third kappa shape index (κ3) is 3.18. The van der Waals surface area contributed by atoms with Gasteiger partial charge in [0, 0.05) is 16.8 Å². The number of ketones is 1. The molecule has 0 atom stereocenters. The van der Waals surface area contributed by atoms with Crippen LogP contribution < -0.4 is 5.32 Å². The molecular formula is C20H13ClF3N3O. The van der Waals surface area contributed by atoms with Gasteiger partial charge in [-0.3, -0.25) is 9.36 Å². The van der Waals surface area contributed by atoms with Crippen molar-refractivity contribution in [3.8, 4) is 5.69 Å². The SMILES string of the molecule is O=C(c1cccc(-n2cnc3c2C=CNC3)c1)c1cccc(C(F)(F)F)c1Cl. The van der Waals surface area contributed by atoms with Crippen LogP contribution in [0.3, 0.4) is 0 Å². The summed E-state index contributed by atoms with van der Waals surface area (Å²) in [4.78, 5) is 17.2. The average Bonchev–Trinajstić information content (AvgIpc) is 3.11. The van der Waals surface area contributed by atoms with E-state index in [1.54, 1.807) is 36.8 Å². The molecule has 0 aliphatic carbocycles. The van der Waals surface area contributed by atoms with Crippen LogP contribution in [0.5, 0.6) is 0 Å². The zero-order chi connectivity index (χ0) is 19.9. The highest BCUT2D eigenvalue weighted by Crippen LogP contribution is 2.37. The predicted molar refractivity (Wildman–Crippen MR) is 99.3 cm³/mol. The Hall–Kier alpha value is -3.06. The van der Waals surface area contributed by atoms with Gasteiger partial charge in [0.2, 0.25) is 0 Å². The van der Waals surface area contributed by atoms with Crippen molar-refractivity contribution in [2.24, 2.45) is 0 Å². The number of carbonyl (C=O) groups excluding carboxylic acids is 1. The van der Waals surface area contributed by atoms with Crippen molar-refractivity contribution in [1.29, 1.82) is 0 Å². The third-order valence-electron chi connectivity index (χ3n) is 4.45. The van der Waals surface area contributed by atoms with Gasteiger partial charge in [-0.1, -0.05) is 29.8 Å². The van der Waals surface area contributed by atoms with E-state index in [9.17, 15) is 18.0 Å².